The Morgan fingerprint density at radius 3 is 2.50 bits per heavy atom. The first-order valence-corrected chi connectivity index (χ1v) is 8.48. The maximum atomic E-state index is 12.5. The Labute approximate surface area is 140 Å². The highest BCUT2D eigenvalue weighted by molar-refractivity contribution is 7.12. The lowest BCUT2D eigenvalue weighted by molar-refractivity contribution is 0.0936. The summed E-state index contributed by atoms with van der Waals surface area (Å²) in [6.07, 6.45) is 0.852. The van der Waals surface area contributed by atoms with Gasteiger partial charge in [0.25, 0.3) is 5.91 Å². The molecule has 2 rings (SSSR count). The normalized spacial score (nSPS) is 12.4. The molecule has 0 aliphatic heterocycles. The van der Waals surface area contributed by atoms with Gasteiger partial charge in [-0.1, -0.05) is 23.7 Å². The van der Waals surface area contributed by atoms with E-state index in [4.69, 9.17) is 11.6 Å². The lowest BCUT2D eigenvalue weighted by Gasteiger charge is -2.21. The van der Waals surface area contributed by atoms with Gasteiger partial charge in [0.15, 0.2) is 0 Å². The van der Waals surface area contributed by atoms with Crippen molar-refractivity contribution in [2.45, 2.75) is 19.4 Å². The molecule has 1 aromatic carbocycles. The van der Waals surface area contributed by atoms with Gasteiger partial charge < -0.3 is 10.2 Å². The second kappa shape index (κ2) is 7.77. The maximum Gasteiger partial charge on any atom is 0.262 e. The van der Waals surface area contributed by atoms with Crippen LogP contribution in [-0.4, -0.2) is 31.4 Å². The van der Waals surface area contributed by atoms with E-state index >= 15 is 0 Å². The fraction of sp³-hybridized carbons (Fsp3) is 0.353. The minimum absolute atomic E-state index is 0.00814. The van der Waals surface area contributed by atoms with Gasteiger partial charge in [-0.15, -0.1) is 11.3 Å². The van der Waals surface area contributed by atoms with Crippen molar-refractivity contribution in [1.29, 1.82) is 0 Å². The van der Waals surface area contributed by atoms with E-state index in [0.29, 0.717) is 5.02 Å². The van der Waals surface area contributed by atoms with Gasteiger partial charge in [-0.25, -0.2) is 0 Å². The van der Waals surface area contributed by atoms with Crippen LogP contribution in [-0.2, 0) is 0 Å². The standard InChI is InChI=1S/C17H21ClN2OS/c1-12-9-11-22-16(12)17(21)19-15(8-10-20(2)3)13-4-6-14(18)7-5-13/h4-7,9,11,15H,8,10H2,1-3H3,(H,19,21). The largest absolute Gasteiger partial charge is 0.344 e. The number of benzene rings is 1. The molecule has 1 aromatic heterocycles. The van der Waals surface area contributed by atoms with E-state index in [1.54, 1.807) is 0 Å². The van der Waals surface area contributed by atoms with Gasteiger partial charge in [-0.2, -0.15) is 0 Å². The fourth-order valence-electron chi connectivity index (χ4n) is 2.23. The van der Waals surface area contributed by atoms with Crippen LogP contribution in [0.2, 0.25) is 5.02 Å². The molecule has 1 atom stereocenters. The lowest BCUT2D eigenvalue weighted by atomic mass is 10.0. The average molecular weight is 337 g/mol. The Bertz CT molecular complexity index is 622. The molecule has 0 saturated carbocycles. The molecule has 0 aliphatic carbocycles. The van der Waals surface area contributed by atoms with Gasteiger partial charge >= 0.3 is 0 Å². The summed E-state index contributed by atoms with van der Waals surface area (Å²) in [5.74, 6) is -0.00814. The predicted octanol–water partition coefficient (Wildman–Crippen LogP) is 4.13. The number of rotatable bonds is 6. The summed E-state index contributed by atoms with van der Waals surface area (Å²) in [5, 5.41) is 5.80. The van der Waals surface area contributed by atoms with Crippen LogP contribution in [0, 0.1) is 6.92 Å². The first kappa shape index (κ1) is 17.0. The molecule has 1 unspecified atom stereocenters. The zero-order valence-corrected chi connectivity index (χ0v) is 14.7. The molecule has 1 amide bonds. The minimum Gasteiger partial charge on any atom is -0.344 e. The predicted molar refractivity (Wildman–Crippen MR) is 93.9 cm³/mol. The van der Waals surface area contributed by atoms with Crippen LogP contribution < -0.4 is 5.32 Å². The number of carbonyl (C=O) groups is 1. The van der Waals surface area contributed by atoms with Crippen LogP contribution in [0.5, 0.6) is 0 Å². The van der Waals surface area contributed by atoms with Crippen molar-refractivity contribution in [1.82, 2.24) is 10.2 Å². The topological polar surface area (TPSA) is 32.3 Å². The molecular formula is C17H21ClN2OS. The molecule has 0 spiro atoms. The first-order valence-electron chi connectivity index (χ1n) is 7.22. The average Bonchev–Trinajstić information content (AvgIpc) is 2.90. The number of thiophene rings is 1. The molecule has 0 bridgehead atoms. The van der Waals surface area contributed by atoms with Crippen molar-refractivity contribution in [3.8, 4) is 0 Å². The van der Waals surface area contributed by atoms with Crippen molar-refractivity contribution in [3.63, 3.8) is 0 Å². The van der Waals surface area contributed by atoms with E-state index in [0.717, 1.165) is 29.0 Å². The van der Waals surface area contributed by atoms with Gasteiger partial charge in [0, 0.05) is 5.02 Å². The molecule has 1 heterocycles. The molecular weight excluding hydrogens is 316 g/mol. The van der Waals surface area contributed by atoms with E-state index in [1.165, 1.54) is 11.3 Å². The smallest absolute Gasteiger partial charge is 0.262 e. The number of hydrogen-bond donors (Lipinski definition) is 1. The van der Waals surface area contributed by atoms with Gasteiger partial charge in [0.1, 0.15) is 0 Å². The van der Waals surface area contributed by atoms with Gasteiger partial charge in [-0.3, -0.25) is 4.79 Å². The number of hydrogen-bond acceptors (Lipinski definition) is 3. The number of halogens is 1. The molecule has 0 fully saturated rings. The summed E-state index contributed by atoms with van der Waals surface area (Å²) >= 11 is 7.44. The highest BCUT2D eigenvalue weighted by Crippen LogP contribution is 2.22. The van der Waals surface area contributed by atoms with E-state index in [2.05, 4.69) is 10.2 Å². The van der Waals surface area contributed by atoms with Gasteiger partial charge in [0.05, 0.1) is 10.9 Å². The molecule has 3 nitrogen and oxygen atoms in total. The van der Waals surface area contributed by atoms with E-state index < -0.39 is 0 Å². The number of amides is 1. The molecule has 0 radical (unpaired) electrons. The molecule has 0 saturated heterocycles. The molecule has 22 heavy (non-hydrogen) atoms. The Kier molecular flexibility index (Phi) is 6.00. The molecule has 118 valence electrons. The Balaban J connectivity index is 2.15. The summed E-state index contributed by atoms with van der Waals surface area (Å²) < 4.78 is 0. The number of nitrogens with zero attached hydrogens (tertiary/aromatic N) is 1. The summed E-state index contributed by atoms with van der Waals surface area (Å²) in [4.78, 5) is 15.4. The van der Waals surface area contributed by atoms with Crippen molar-refractivity contribution < 1.29 is 4.79 Å². The fourth-order valence-corrected chi connectivity index (χ4v) is 3.19. The van der Waals surface area contributed by atoms with E-state index in [9.17, 15) is 4.79 Å². The monoisotopic (exact) mass is 336 g/mol. The quantitative estimate of drug-likeness (QED) is 0.860. The summed E-state index contributed by atoms with van der Waals surface area (Å²) in [6.45, 7) is 2.86. The van der Waals surface area contributed by atoms with Crippen LogP contribution in [0.25, 0.3) is 0 Å². The van der Waals surface area contributed by atoms with Crippen LogP contribution in [0.15, 0.2) is 35.7 Å². The second-order valence-electron chi connectivity index (χ2n) is 5.60. The summed E-state index contributed by atoms with van der Waals surface area (Å²) in [5.41, 5.74) is 2.10. The third kappa shape index (κ3) is 4.57. The first-order chi connectivity index (χ1) is 10.5. The zero-order chi connectivity index (χ0) is 16.1. The minimum atomic E-state index is -0.0198. The van der Waals surface area contributed by atoms with Crippen LogP contribution in [0.1, 0.15) is 33.3 Å². The molecule has 2 aromatic rings. The van der Waals surface area contributed by atoms with E-state index in [-0.39, 0.29) is 11.9 Å². The van der Waals surface area contributed by atoms with Gasteiger partial charge in [-0.05, 0) is 68.7 Å². The molecule has 5 heteroatoms. The Morgan fingerprint density at radius 1 is 1.27 bits per heavy atom. The van der Waals surface area contributed by atoms with Crippen LogP contribution in [0.4, 0.5) is 0 Å². The highest BCUT2D eigenvalue weighted by Gasteiger charge is 2.18. The third-order valence-electron chi connectivity index (χ3n) is 3.51. The second-order valence-corrected chi connectivity index (χ2v) is 6.95. The zero-order valence-electron chi connectivity index (χ0n) is 13.1. The summed E-state index contributed by atoms with van der Waals surface area (Å²) in [6, 6.07) is 9.63. The van der Waals surface area contributed by atoms with Crippen molar-refractivity contribution in [2.75, 3.05) is 20.6 Å². The highest BCUT2D eigenvalue weighted by atomic mass is 35.5. The lowest BCUT2D eigenvalue weighted by Crippen LogP contribution is -2.30. The number of aryl methyl sites for hydroxylation is 1. The maximum absolute atomic E-state index is 12.5. The molecule has 1 N–H and O–H groups in total. The SMILES string of the molecule is Cc1ccsc1C(=O)NC(CCN(C)C)c1ccc(Cl)cc1. The van der Waals surface area contributed by atoms with Crippen molar-refractivity contribution in [2.24, 2.45) is 0 Å². The Morgan fingerprint density at radius 2 is 1.95 bits per heavy atom. The number of nitrogens with one attached hydrogen (secondary N) is 1. The van der Waals surface area contributed by atoms with Crippen LogP contribution >= 0.6 is 22.9 Å². The van der Waals surface area contributed by atoms with Gasteiger partial charge in [0.2, 0.25) is 0 Å². The molecule has 0 aliphatic rings. The van der Waals surface area contributed by atoms with Crippen molar-refractivity contribution in [3.05, 3.63) is 56.7 Å². The Hall–Kier alpha value is -1.36. The van der Waals surface area contributed by atoms with Crippen LogP contribution in [0.3, 0.4) is 0 Å². The third-order valence-corrected chi connectivity index (χ3v) is 4.78. The van der Waals surface area contributed by atoms with Crippen molar-refractivity contribution >= 4 is 28.8 Å². The van der Waals surface area contributed by atoms with E-state index in [1.807, 2.05) is 56.7 Å². The number of carbonyl (C=O) groups excluding carboxylic acids is 1. The summed E-state index contributed by atoms with van der Waals surface area (Å²) in [7, 11) is 4.06.